The lowest BCUT2D eigenvalue weighted by atomic mass is 9.64. The van der Waals surface area contributed by atoms with E-state index in [-0.39, 0.29) is 18.5 Å². The number of esters is 1. The van der Waals surface area contributed by atoms with Gasteiger partial charge in [-0.2, -0.15) is 0 Å². The lowest BCUT2D eigenvalue weighted by molar-refractivity contribution is -0.157. The Morgan fingerprint density at radius 3 is 2.50 bits per heavy atom. The molecule has 136 valence electrons. The summed E-state index contributed by atoms with van der Waals surface area (Å²) in [6, 6.07) is 17.1. The molecule has 1 aliphatic rings. The summed E-state index contributed by atoms with van der Waals surface area (Å²) in [6.07, 6.45) is 2.52. The summed E-state index contributed by atoms with van der Waals surface area (Å²) in [5.74, 6) is 0.105. The highest BCUT2D eigenvalue weighted by Crippen LogP contribution is 2.44. The van der Waals surface area contributed by atoms with E-state index in [0.717, 1.165) is 36.1 Å². The summed E-state index contributed by atoms with van der Waals surface area (Å²) in [5.41, 5.74) is 1.30. The van der Waals surface area contributed by atoms with Crippen molar-refractivity contribution in [1.29, 1.82) is 0 Å². The number of hydrogen-bond acceptors (Lipinski definition) is 4. The summed E-state index contributed by atoms with van der Waals surface area (Å²) >= 11 is 0. The molecule has 2 aromatic carbocycles. The summed E-state index contributed by atoms with van der Waals surface area (Å²) in [4.78, 5) is 24.6. The van der Waals surface area contributed by atoms with Gasteiger partial charge in [-0.3, -0.25) is 9.59 Å². The van der Waals surface area contributed by atoms with Crippen molar-refractivity contribution in [2.75, 3.05) is 13.7 Å². The molecule has 0 atom stereocenters. The zero-order chi connectivity index (χ0) is 18.4. The molecule has 0 saturated heterocycles. The smallest absolute Gasteiger partial charge is 0.317 e. The molecule has 2 aromatic rings. The quantitative estimate of drug-likeness (QED) is 0.777. The van der Waals surface area contributed by atoms with Crippen molar-refractivity contribution < 1.29 is 19.1 Å². The van der Waals surface area contributed by atoms with E-state index in [1.54, 1.807) is 7.11 Å². The van der Waals surface area contributed by atoms with Gasteiger partial charge in [0.2, 0.25) is 0 Å². The number of benzene rings is 2. The number of hydrogen-bond donors (Lipinski definition) is 1. The molecule has 1 N–H and O–H groups in total. The number of rotatable bonds is 7. The second-order valence-electron chi connectivity index (χ2n) is 6.51. The number of ether oxygens (including phenoxy) is 2. The van der Waals surface area contributed by atoms with Gasteiger partial charge >= 0.3 is 5.97 Å². The molecule has 1 amide bonds. The summed E-state index contributed by atoms with van der Waals surface area (Å²) < 4.78 is 10.5. The van der Waals surface area contributed by atoms with Crippen molar-refractivity contribution in [2.45, 2.75) is 31.2 Å². The Hall–Kier alpha value is -2.82. The van der Waals surface area contributed by atoms with E-state index < -0.39 is 5.41 Å². The minimum atomic E-state index is -0.589. The average Bonchev–Trinajstić information content (AvgIpc) is 2.65. The van der Waals surface area contributed by atoms with Gasteiger partial charge in [-0.05, 0) is 36.1 Å². The number of carbonyl (C=O) groups is 2. The van der Waals surface area contributed by atoms with Gasteiger partial charge in [-0.25, -0.2) is 0 Å². The zero-order valence-electron chi connectivity index (χ0n) is 14.9. The van der Waals surface area contributed by atoms with Gasteiger partial charge in [-0.15, -0.1) is 0 Å². The van der Waals surface area contributed by atoms with Gasteiger partial charge in [0, 0.05) is 6.54 Å². The number of amides is 1. The van der Waals surface area contributed by atoms with Crippen LogP contribution in [0.25, 0.3) is 0 Å². The van der Waals surface area contributed by atoms with E-state index in [4.69, 9.17) is 9.47 Å². The SMILES string of the molecule is COc1cccc(CNC(=O)COC(=O)C2(c3ccccc3)CCC2)c1. The Morgan fingerprint density at radius 1 is 1.08 bits per heavy atom. The van der Waals surface area contributed by atoms with Gasteiger partial charge in [0.25, 0.3) is 5.91 Å². The molecule has 26 heavy (non-hydrogen) atoms. The number of carbonyl (C=O) groups excluding carboxylic acids is 2. The largest absolute Gasteiger partial charge is 0.497 e. The van der Waals surface area contributed by atoms with Crippen LogP contribution in [0.3, 0.4) is 0 Å². The predicted molar refractivity (Wildman–Crippen MR) is 97.8 cm³/mol. The highest BCUT2D eigenvalue weighted by Gasteiger charge is 2.47. The van der Waals surface area contributed by atoms with Crippen molar-refractivity contribution in [3.05, 3.63) is 65.7 Å². The van der Waals surface area contributed by atoms with Crippen LogP contribution < -0.4 is 10.1 Å². The highest BCUT2D eigenvalue weighted by molar-refractivity contribution is 5.87. The van der Waals surface area contributed by atoms with Crippen LogP contribution >= 0.6 is 0 Å². The van der Waals surface area contributed by atoms with E-state index >= 15 is 0 Å². The van der Waals surface area contributed by atoms with Crippen LogP contribution in [0.5, 0.6) is 5.75 Å². The van der Waals surface area contributed by atoms with Crippen LogP contribution in [0, 0.1) is 0 Å². The monoisotopic (exact) mass is 353 g/mol. The highest BCUT2D eigenvalue weighted by atomic mass is 16.5. The minimum Gasteiger partial charge on any atom is -0.497 e. The van der Waals surface area contributed by atoms with Crippen molar-refractivity contribution >= 4 is 11.9 Å². The normalized spacial score (nSPS) is 14.8. The second-order valence-corrected chi connectivity index (χ2v) is 6.51. The molecule has 3 rings (SSSR count). The Labute approximate surface area is 153 Å². The van der Waals surface area contributed by atoms with Crippen molar-refractivity contribution in [3.8, 4) is 5.75 Å². The van der Waals surface area contributed by atoms with E-state index in [0.29, 0.717) is 6.54 Å². The molecule has 0 radical (unpaired) electrons. The maximum atomic E-state index is 12.6. The molecule has 1 fully saturated rings. The van der Waals surface area contributed by atoms with Crippen molar-refractivity contribution in [3.63, 3.8) is 0 Å². The fourth-order valence-electron chi connectivity index (χ4n) is 3.20. The molecule has 1 aliphatic carbocycles. The Balaban J connectivity index is 1.51. The third kappa shape index (κ3) is 3.87. The molecule has 5 nitrogen and oxygen atoms in total. The number of nitrogens with one attached hydrogen (secondary N) is 1. The van der Waals surface area contributed by atoms with Crippen LogP contribution in [0.2, 0.25) is 0 Å². The number of methoxy groups -OCH3 is 1. The van der Waals surface area contributed by atoms with E-state index in [1.807, 2.05) is 54.6 Å². The Kier molecular flexibility index (Phi) is 5.56. The first-order valence-corrected chi connectivity index (χ1v) is 8.76. The first-order chi connectivity index (χ1) is 12.6. The van der Waals surface area contributed by atoms with E-state index in [9.17, 15) is 9.59 Å². The molecule has 0 bridgehead atoms. The van der Waals surface area contributed by atoms with Gasteiger partial charge < -0.3 is 14.8 Å². The van der Waals surface area contributed by atoms with Gasteiger partial charge in [0.1, 0.15) is 5.75 Å². The topological polar surface area (TPSA) is 64.6 Å². The first-order valence-electron chi connectivity index (χ1n) is 8.76. The first kappa shape index (κ1) is 18.0. The molecular weight excluding hydrogens is 330 g/mol. The summed E-state index contributed by atoms with van der Waals surface area (Å²) in [5, 5.41) is 2.76. The van der Waals surface area contributed by atoms with Gasteiger partial charge in [-0.1, -0.05) is 48.9 Å². The lowest BCUT2D eigenvalue weighted by Gasteiger charge is -2.39. The van der Waals surface area contributed by atoms with Gasteiger partial charge in [0.05, 0.1) is 12.5 Å². The molecular formula is C21H23NO4. The molecule has 1 saturated carbocycles. The molecule has 0 aromatic heterocycles. The third-order valence-electron chi connectivity index (χ3n) is 4.88. The molecule has 0 heterocycles. The maximum Gasteiger partial charge on any atom is 0.317 e. The van der Waals surface area contributed by atoms with Crippen LogP contribution in [0.15, 0.2) is 54.6 Å². The second kappa shape index (κ2) is 8.04. The Bertz CT molecular complexity index is 769. The average molecular weight is 353 g/mol. The minimum absolute atomic E-state index is 0.266. The Morgan fingerprint density at radius 2 is 1.85 bits per heavy atom. The van der Waals surface area contributed by atoms with Crippen LogP contribution in [0.1, 0.15) is 30.4 Å². The van der Waals surface area contributed by atoms with E-state index in [2.05, 4.69) is 5.32 Å². The molecule has 0 unspecified atom stereocenters. The van der Waals surface area contributed by atoms with Crippen LogP contribution in [0.4, 0.5) is 0 Å². The molecule has 5 heteroatoms. The standard InChI is InChI=1S/C21H23NO4/c1-25-18-10-5-7-16(13-18)14-22-19(23)15-26-20(24)21(11-6-12-21)17-8-3-2-4-9-17/h2-5,7-10,13H,6,11-12,14-15H2,1H3,(H,22,23). The fraction of sp³-hybridized carbons (Fsp3) is 0.333. The van der Waals surface area contributed by atoms with Crippen molar-refractivity contribution in [2.24, 2.45) is 0 Å². The summed E-state index contributed by atoms with van der Waals surface area (Å²) in [6.45, 7) is 0.0921. The molecule has 0 spiro atoms. The zero-order valence-corrected chi connectivity index (χ0v) is 14.9. The summed E-state index contributed by atoms with van der Waals surface area (Å²) in [7, 11) is 1.60. The van der Waals surface area contributed by atoms with Crippen LogP contribution in [-0.2, 0) is 26.3 Å². The lowest BCUT2D eigenvalue weighted by Crippen LogP contribution is -2.44. The van der Waals surface area contributed by atoms with Crippen LogP contribution in [-0.4, -0.2) is 25.6 Å². The third-order valence-corrected chi connectivity index (χ3v) is 4.88. The van der Waals surface area contributed by atoms with Gasteiger partial charge in [0.15, 0.2) is 6.61 Å². The maximum absolute atomic E-state index is 12.6. The fourth-order valence-corrected chi connectivity index (χ4v) is 3.20. The van der Waals surface area contributed by atoms with Crippen molar-refractivity contribution in [1.82, 2.24) is 5.32 Å². The predicted octanol–water partition coefficient (Wildman–Crippen LogP) is 2.98. The van der Waals surface area contributed by atoms with E-state index in [1.165, 1.54) is 0 Å². The molecule has 0 aliphatic heterocycles.